The lowest BCUT2D eigenvalue weighted by atomic mass is 10.1. The zero-order chi connectivity index (χ0) is 12.7. The number of fused-ring (bicyclic) bond motifs is 1. The van der Waals surface area contributed by atoms with Gasteiger partial charge in [-0.3, -0.25) is 4.79 Å². The second-order valence-electron chi connectivity index (χ2n) is 3.42. The number of nitrogens with one attached hydrogen (secondary N) is 1. The van der Waals surface area contributed by atoms with Crippen molar-refractivity contribution in [2.24, 2.45) is 0 Å². The van der Waals surface area contributed by atoms with Gasteiger partial charge in [-0.15, -0.1) is 0 Å². The van der Waals surface area contributed by atoms with Gasteiger partial charge in [0, 0.05) is 12.1 Å². The summed E-state index contributed by atoms with van der Waals surface area (Å²) in [5.74, 6) is -0.0109. The molecule has 0 saturated carbocycles. The van der Waals surface area contributed by atoms with Crippen LogP contribution < -0.4 is 5.32 Å². The summed E-state index contributed by atoms with van der Waals surface area (Å²) in [4.78, 5) is 11.6. The van der Waals surface area contributed by atoms with Crippen LogP contribution >= 0.6 is 0 Å². The Morgan fingerprint density at radius 1 is 1.06 bits per heavy atom. The van der Waals surface area contributed by atoms with Gasteiger partial charge in [0.1, 0.15) is 0 Å². The van der Waals surface area contributed by atoms with Crippen molar-refractivity contribution in [2.75, 3.05) is 6.54 Å². The largest absolute Gasteiger partial charge is 0.352 e. The van der Waals surface area contributed by atoms with Gasteiger partial charge in [0.15, 0.2) is 0 Å². The molecule has 17 heavy (non-hydrogen) atoms. The molecular formula is C15H19NO. The lowest BCUT2D eigenvalue weighted by Crippen LogP contribution is -2.22. The normalized spacial score (nSPS) is 9.35. The maximum absolute atomic E-state index is 11.6. The van der Waals surface area contributed by atoms with Crippen molar-refractivity contribution in [3.05, 3.63) is 48.0 Å². The average molecular weight is 229 g/mol. The molecule has 2 aromatic rings. The second kappa shape index (κ2) is 6.69. The summed E-state index contributed by atoms with van der Waals surface area (Å²) in [7, 11) is 0. The molecule has 0 atom stereocenters. The van der Waals surface area contributed by atoms with E-state index in [0.29, 0.717) is 6.54 Å². The fraction of sp³-hybridized carbons (Fsp3) is 0.267. The summed E-state index contributed by atoms with van der Waals surface area (Å²) in [6, 6.07) is 13.8. The number of carbonyl (C=O) groups excluding carboxylic acids is 1. The third-order valence-corrected chi connectivity index (χ3v) is 2.35. The molecule has 0 aliphatic heterocycles. The van der Waals surface area contributed by atoms with Gasteiger partial charge >= 0.3 is 0 Å². The van der Waals surface area contributed by atoms with Crippen LogP contribution in [-0.4, -0.2) is 12.5 Å². The van der Waals surface area contributed by atoms with Crippen molar-refractivity contribution in [1.29, 1.82) is 0 Å². The van der Waals surface area contributed by atoms with E-state index in [1.807, 2.05) is 63.2 Å². The number of amides is 1. The minimum Gasteiger partial charge on any atom is -0.352 e. The van der Waals surface area contributed by atoms with Gasteiger partial charge in [-0.05, 0) is 29.8 Å². The van der Waals surface area contributed by atoms with E-state index < -0.39 is 0 Å². The van der Waals surface area contributed by atoms with E-state index >= 15 is 0 Å². The number of rotatable bonds is 2. The van der Waals surface area contributed by atoms with Gasteiger partial charge in [0.05, 0.1) is 0 Å². The molecule has 2 nitrogen and oxygen atoms in total. The van der Waals surface area contributed by atoms with Crippen LogP contribution in [0.25, 0.3) is 10.8 Å². The Morgan fingerprint density at radius 2 is 1.71 bits per heavy atom. The Morgan fingerprint density at radius 3 is 2.35 bits per heavy atom. The summed E-state index contributed by atoms with van der Waals surface area (Å²) in [6.07, 6.45) is 0. The molecule has 0 aliphatic carbocycles. The van der Waals surface area contributed by atoms with Gasteiger partial charge < -0.3 is 5.32 Å². The highest BCUT2D eigenvalue weighted by molar-refractivity contribution is 5.98. The number of benzene rings is 2. The highest BCUT2D eigenvalue weighted by Gasteiger charge is 2.03. The van der Waals surface area contributed by atoms with Gasteiger partial charge in [-0.2, -0.15) is 0 Å². The van der Waals surface area contributed by atoms with Gasteiger partial charge in [-0.1, -0.05) is 44.2 Å². The molecule has 0 aliphatic rings. The average Bonchev–Trinajstić information content (AvgIpc) is 2.41. The molecule has 2 heteroatoms. The molecule has 0 heterocycles. The van der Waals surface area contributed by atoms with Crippen LogP contribution in [0.15, 0.2) is 42.5 Å². The minimum absolute atomic E-state index is 0.0109. The van der Waals surface area contributed by atoms with Crippen LogP contribution in [0, 0.1) is 0 Å². The van der Waals surface area contributed by atoms with Crippen LogP contribution in [0.4, 0.5) is 0 Å². The SMILES string of the molecule is CC.CCNC(=O)c1ccc2ccccc2c1. The van der Waals surface area contributed by atoms with E-state index in [1.54, 1.807) is 0 Å². The molecule has 0 unspecified atom stereocenters. The number of hydrogen-bond donors (Lipinski definition) is 1. The fourth-order valence-electron chi connectivity index (χ4n) is 1.59. The summed E-state index contributed by atoms with van der Waals surface area (Å²) in [5.41, 5.74) is 0.718. The Kier molecular flexibility index (Phi) is 5.21. The fourth-order valence-corrected chi connectivity index (χ4v) is 1.59. The molecule has 0 fully saturated rings. The zero-order valence-corrected chi connectivity index (χ0v) is 10.7. The van der Waals surface area contributed by atoms with Crippen LogP contribution in [0.2, 0.25) is 0 Å². The first-order valence-electron chi connectivity index (χ1n) is 6.08. The van der Waals surface area contributed by atoms with Crippen molar-refractivity contribution in [1.82, 2.24) is 5.32 Å². The third-order valence-electron chi connectivity index (χ3n) is 2.35. The van der Waals surface area contributed by atoms with Crippen molar-refractivity contribution in [3.8, 4) is 0 Å². The molecule has 1 N–H and O–H groups in total. The highest BCUT2D eigenvalue weighted by atomic mass is 16.1. The molecule has 0 saturated heterocycles. The van der Waals surface area contributed by atoms with Crippen LogP contribution in [0.1, 0.15) is 31.1 Å². The minimum atomic E-state index is -0.0109. The molecular weight excluding hydrogens is 210 g/mol. The number of hydrogen-bond acceptors (Lipinski definition) is 1. The van der Waals surface area contributed by atoms with E-state index in [2.05, 4.69) is 5.32 Å². The van der Waals surface area contributed by atoms with Crippen LogP contribution in [-0.2, 0) is 0 Å². The number of carbonyl (C=O) groups is 1. The molecule has 0 aromatic heterocycles. The Balaban J connectivity index is 0.000000686. The molecule has 90 valence electrons. The maximum Gasteiger partial charge on any atom is 0.251 e. The highest BCUT2D eigenvalue weighted by Crippen LogP contribution is 2.15. The molecule has 2 aromatic carbocycles. The van der Waals surface area contributed by atoms with Gasteiger partial charge in [0.25, 0.3) is 5.91 Å². The first kappa shape index (κ1) is 13.2. The third kappa shape index (κ3) is 3.31. The maximum atomic E-state index is 11.6. The Hall–Kier alpha value is -1.83. The Bertz CT molecular complexity index is 491. The zero-order valence-electron chi connectivity index (χ0n) is 10.7. The quantitative estimate of drug-likeness (QED) is 0.837. The molecule has 1 amide bonds. The molecule has 0 bridgehead atoms. The van der Waals surface area contributed by atoms with Gasteiger partial charge in [0.2, 0.25) is 0 Å². The lowest BCUT2D eigenvalue weighted by molar-refractivity contribution is 0.0956. The summed E-state index contributed by atoms with van der Waals surface area (Å²) < 4.78 is 0. The van der Waals surface area contributed by atoms with E-state index in [-0.39, 0.29) is 5.91 Å². The second-order valence-corrected chi connectivity index (χ2v) is 3.42. The van der Waals surface area contributed by atoms with Crippen molar-refractivity contribution < 1.29 is 4.79 Å². The first-order valence-corrected chi connectivity index (χ1v) is 6.08. The smallest absolute Gasteiger partial charge is 0.251 e. The van der Waals surface area contributed by atoms with Gasteiger partial charge in [-0.25, -0.2) is 0 Å². The lowest BCUT2D eigenvalue weighted by Gasteiger charge is -2.03. The summed E-state index contributed by atoms with van der Waals surface area (Å²) in [6.45, 7) is 6.57. The van der Waals surface area contributed by atoms with E-state index in [9.17, 15) is 4.79 Å². The van der Waals surface area contributed by atoms with Crippen molar-refractivity contribution in [3.63, 3.8) is 0 Å². The monoisotopic (exact) mass is 229 g/mol. The van der Waals surface area contributed by atoms with Crippen LogP contribution in [0.3, 0.4) is 0 Å². The first-order chi connectivity index (χ1) is 8.31. The molecule has 0 radical (unpaired) electrons. The van der Waals surface area contributed by atoms with Crippen LogP contribution in [0.5, 0.6) is 0 Å². The predicted octanol–water partition coefficient (Wildman–Crippen LogP) is 3.62. The molecule has 0 spiro atoms. The van der Waals surface area contributed by atoms with E-state index in [1.165, 1.54) is 0 Å². The topological polar surface area (TPSA) is 29.1 Å². The van der Waals surface area contributed by atoms with E-state index in [0.717, 1.165) is 16.3 Å². The molecule has 2 rings (SSSR count). The summed E-state index contributed by atoms with van der Waals surface area (Å²) in [5, 5.41) is 5.04. The van der Waals surface area contributed by atoms with Crippen molar-refractivity contribution >= 4 is 16.7 Å². The Labute approximate surface area is 103 Å². The standard InChI is InChI=1S/C13H13NO.C2H6/c1-2-14-13(15)12-8-7-10-5-3-4-6-11(10)9-12;1-2/h3-9H,2H2,1H3,(H,14,15);1-2H3. The summed E-state index contributed by atoms with van der Waals surface area (Å²) >= 11 is 0. The van der Waals surface area contributed by atoms with E-state index in [4.69, 9.17) is 0 Å². The van der Waals surface area contributed by atoms with Crippen molar-refractivity contribution in [2.45, 2.75) is 20.8 Å². The predicted molar refractivity (Wildman–Crippen MR) is 73.3 cm³/mol.